The second-order valence-electron chi connectivity index (χ2n) is 6.46. The molecule has 0 aliphatic heterocycles. The average molecular weight is 291 g/mol. The third-order valence-electron chi connectivity index (χ3n) is 4.61. The van der Waals surface area contributed by atoms with Crippen LogP contribution in [0.4, 0.5) is 0 Å². The van der Waals surface area contributed by atoms with Crippen LogP contribution in [0.3, 0.4) is 0 Å². The minimum Gasteiger partial charge on any atom is -0.451 e. The van der Waals surface area contributed by atoms with E-state index in [1.54, 1.807) is 6.07 Å². The second-order valence-corrected chi connectivity index (χ2v) is 6.46. The van der Waals surface area contributed by atoms with Gasteiger partial charge in [0.05, 0.1) is 5.69 Å². The van der Waals surface area contributed by atoms with Crippen LogP contribution in [0.2, 0.25) is 0 Å². The number of hydrogen-bond donors (Lipinski definition) is 0. The van der Waals surface area contributed by atoms with Crippen LogP contribution in [0.5, 0.6) is 0 Å². The van der Waals surface area contributed by atoms with Gasteiger partial charge in [0, 0.05) is 17.2 Å². The van der Waals surface area contributed by atoms with Crippen LogP contribution in [0, 0.1) is 6.92 Å². The van der Waals surface area contributed by atoms with Crippen molar-refractivity contribution in [3.8, 4) is 11.3 Å². The number of hydrogen-bond acceptors (Lipinski definition) is 3. The molecule has 1 aliphatic rings. The molecule has 0 N–H and O–H groups in total. The van der Waals surface area contributed by atoms with Gasteiger partial charge in [0.2, 0.25) is 0 Å². The predicted octanol–water partition coefficient (Wildman–Crippen LogP) is 4.67. The monoisotopic (exact) mass is 291 g/mol. The zero-order chi connectivity index (χ0) is 15.3. The molecule has 110 valence electrons. The molecular formula is C19H17NO2. The standard InChI is InChI=1S/C19H17NO2/c1-12-3-5-13(6-4-12)16-10-15(19(2)7-8-19)18-17(20-16)9-14(11-21)22-18/h3-6,9-11H,7-8H2,1-2H3. The van der Waals surface area contributed by atoms with Gasteiger partial charge in [0.1, 0.15) is 5.52 Å². The SMILES string of the molecule is Cc1ccc(-c2cc(C3(C)CC3)c3oc(C=O)cc3n2)cc1. The van der Waals surface area contributed by atoms with Crippen molar-refractivity contribution in [2.24, 2.45) is 0 Å². The minimum absolute atomic E-state index is 0.151. The van der Waals surface area contributed by atoms with Crippen LogP contribution in [0.1, 0.15) is 41.4 Å². The summed E-state index contributed by atoms with van der Waals surface area (Å²) in [6.45, 7) is 4.31. The van der Waals surface area contributed by atoms with Crippen LogP contribution in [-0.4, -0.2) is 11.3 Å². The van der Waals surface area contributed by atoms with E-state index in [-0.39, 0.29) is 5.41 Å². The Bertz CT molecular complexity index is 870. The molecule has 1 aromatic carbocycles. The number of aromatic nitrogens is 1. The summed E-state index contributed by atoms with van der Waals surface area (Å²) in [5.41, 5.74) is 6.10. The van der Waals surface area contributed by atoms with E-state index in [9.17, 15) is 4.79 Å². The van der Waals surface area contributed by atoms with Crippen molar-refractivity contribution in [1.29, 1.82) is 0 Å². The topological polar surface area (TPSA) is 43.1 Å². The number of furan rings is 1. The first kappa shape index (κ1) is 13.3. The van der Waals surface area contributed by atoms with Gasteiger partial charge in [0.15, 0.2) is 17.6 Å². The van der Waals surface area contributed by atoms with E-state index in [1.807, 2.05) is 0 Å². The Morgan fingerprint density at radius 1 is 1.18 bits per heavy atom. The van der Waals surface area contributed by atoms with Crippen LogP contribution in [0.15, 0.2) is 40.8 Å². The summed E-state index contributed by atoms with van der Waals surface area (Å²) in [7, 11) is 0. The molecule has 3 nitrogen and oxygen atoms in total. The first-order chi connectivity index (χ1) is 10.6. The number of aldehydes is 1. The van der Waals surface area contributed by atoms with Crippen molar-refractivity contribution < 1.29 is 9.21 Å². The summed E-state index contributed by atoms with van der Waals surface area (Å²) in [5, 5.41) is 0. The maximum Gasteiger partial charge on any atom is 0.185 e. The van der Waals surface area contributed by atoms with Gasteiger partial charge in [-0.3, -0.25) is 4.79 Å². The van der Waals surface area contributed by atoms with Gasteiger partial charge in [-0.2, -0.15) is 0 Å². The minimum atomic E-state index is 0.151. The van der Waals surface area contributed by atoms with E-state index in [2.05, 4.69) is 44.2 Å². The molecule has 1 fully saturated rings. The summed E-state index contributed by atoms with van der Waals surface area (Å²) in [6, 6.07) is 12.2. The molecule has 0 atom stereocenters. The molecule has 3 heteroatoms. The number of carbonyl (C=O) groups is 1. The number of aryl methyl sites for hydroxylation is 1. The molecule has 0 bridgehead atoms. The molecular weight excluding hydrogens is 274 g/mol. The fraction of sp³-hybridized carbons (Fsp3) is 0.263. The molecule has 0 amide bonds. The Morgan fingerprint density at radius 2 is 1.91 bits per heavy atom. The molecule has 0 spiro atoms. The van der Waals surface area contributed by atoms with E-state index < -0.39 is 0 Å². The third-order valence-corrected chi connectivity index (χ3v) is 4.61. The van der Waals surface area contributed by atoms with Gasteiger partial charge < -0.3 is 4.42 Å². The molecule has 0 saturated heterocycles. The fourth-order valence-corrected chi connectivity index (χ4v) is 2.88. The Hall–Kier alpha value is -2.42. The Morgan fingerprint density at radius 3 is 2.55 bits per heavy atom. The quantitative estimate of drug-likeness (QED) is 0.659. The molecule has 4 rings (SSSR count). The highest BCUT2D eigenvalue weighted by Crippen LogP contribution is 2.50. The largest absolute Gasteiger partial charge is 0.451 e. The van der Waals surface area contributed by atoms with E-state index >= 15 is 0 Å². The Labute approximate surface area is 129 Å². The lowest BCUT2D eigenvalue weighted by atomic mass is 9.96. The zero-order valence-corrected chi connectivity index (χ0v) is 12.7. The van der Waals surface area contributed by atoms with Gasteiger partial charge >= 0.3 is 0 Å². The summed E-state index contributed by atoms with van der Waals surface area (Å²) >= 11 is 0. The smallest absolute Gasteiger partial charge is 0.185 e. The molecule has 1 saturated carbocycles. The van der Waals surface area contributed by atoms with Crippen molar-refractivity contribution in [2.75, 3.05) is 0 Å². The number of fused-ring (bicyclic) bond motifs is 1. The molecule has 0 unspecified atom stereocenters. The summed E-state index contributed by atoms with van der Waals surface area (Å²) in [5.74, 6) is 0.342. The average Bonchev–Trinajstić information content (AvgIpc) is 3.13. The molecule has 1 aliphatic carbocycles. The summed E-state index contributed by atoms with van der Waals surface area (Å²) < 4.78 is 5.69. The van der Waals surface area contributed by atoms with Crippen molar-refractivity contribution in [1.82, 2.24) is 4.98 Å². The maximum atomic E-state index is 11.0. The zero-order valence-electron chi connectivity index (χ0n) is 12.7. The molecule has 0 radical (unpaired) electrons. The second kappa shape index (κ2) is 4.54. The van der Waals surface area contributed by atoms with Crippen molar-refractivity contribution in [2.45, 2.75) is 32.1 Å². The number of carbonyl (C=O) groups excluding carboxylic acids is 1. The van der Waals surface area contributed by atoms with E-state index in [0.29, 0.717) is 5.76 Å². The maximum absolute atomic E-state index is 11.0. The predicted molar refractivity (Wildman–Crippen MR) is 86.2 cm³/mol. The Balaban J connectivity index is 1.96. The molecule has 22 heavy (non-hydrogen) atoms. The lowest BCUT2D eigenvalue weighted by Crippen LogP contribution is -2.01. The van der Waals surface area contributed by atoms with Crippen LogP contribution < -0.4 is 0 Å². The van der Waals surface area contributed by atoms with Gasteiger partial charge in [0.25, 0.3) is 0 Å². The van der Waals surface area contributed by atoms with Crippen LogP contribution in [-0.2, 0) is 5.41 Å². The highest BCUT2D eigenvalue weighted by atomic mass is 16.3. The summed E-state index contributed by atoms with van der Waals surface area (Å²) in [6.07, 6.45) is 3.04. The highest BCUT2D eigenvalue weighted by Gasteiger charge is 2.41. The molecule has 3 aromatic rings. The van der Waals surface area contributed by atoms with Crippen LogP contribution in [0.25, 0.3) is 22.4 Å². The van der Waals surface area contributed by atoms with Gasteiger partial charge in [-0.25, -0.2) is 4.98 Å². The van der Waals surface area contributed by atoms with E-state index in [0.717, 1.165) is 41.5 Å². The fourth-order valence-electron chi connectivity index (χ4n) is 2.88. The van der Waals surface area contributed by atoms with Gasteiger partial charge in [-0.05, 0) is 31.2 Å². The molecule has 2 heterocycles. The summed E-state index contributed by atoms with van der Waals surface area (Å²) in [4.78, 5) is 15.7. The lowest BCUT2D eigenvalue weighted by molar-refractivity contribution is 0.110. The number of pyridine rings is 1. The number of nitrogens with zero attached hydrogens (tertiary/aromatic N) is 1. The Kier molecular flexibility index (Phi) is 2.73. The van der Waals surface area contributed by atoms with Crippen molar-refractivity contribution >= 4 is 17.4 Å². The molecule has 2 aromatic heterocycles. The van der Waals surface area contributed by atoms with Crippen LogP contribution >= 0.6 is 0 Å². The van der Waals surface area contributed by atoms with E-state index in [1.165, 1.54) is 11.1 Å². The van der Waals surface area contributed by atoms with Gasteiger partial charge in [-0.1, -0.05) is 36.8 Å². The highest BCUT2D eigenvalue weighted by molar-refractivity contribution is 5.87. The van der Waals surface area contributed by atoms with E-state index in [4.69, 9.17) is 9.40 Å². The van der Waals surface area contributed by atoms with Gasteiger partial charge in [-0.15, -0.1) is 0 Å². The normalized spacial score (nSPS) is 15.9. The van der Waals surface area contributed by atoms with Crippen molar-refractivity contribution in [3.05, 3.63) is 53.3 Å². The lowest BCUT2D eigenvalue weighted by Gasteiger charge is -2.11. The number of benzene rings is 1. The van der Waals surface area contributed by atoms with Crippen molar-refractivity contribution in [3.63, 3.8) is 0 Å². The third kappa shape index (κ3) is 2.05. The first-order valence-electron chi connectivity index (χ1n) is 7.56. The number of rotatable bonds is 3. The first-order valence-corrected chi connectivity index (χ1v) is 7.56.